The van der Waals surface area contributed by atoms with Gasteiger partial charge in [0.2, 0.25) is 0 Å². The van der Waals surface area contributed by atoms with Crippen LogP contribution >= 0.6 is 0 Å². The number of likely N-dealkylation sites (tertiary alicyclic amines) is 1. The molecule has 9 heteroatoms. The number of nitrogens with one attached hydrogen (secondary N) is 1. The second-order valence-electron chi connectivity index (χ2n) is 7.99. The maximum Gasteiger partial charge on any atom is 0.274 e. The van der Waals surface area contributed by atoms with Crippen LogP contribution in [0.2, 0.25) is 0 Å². The van der Waals surface area contributed by atoms with Crippen LogP contribution in [0.4, 0.5) is 5.82 Å². The normalized spacial score (nSPS) is 20.4. The van der Waals surface area contributed by atoms with Crippen LogP contribution in [-0.4, -0.2) is 49.0 Å². The third kappa shape index (κ3) is 3.30. The Hall–Kier alpha value is -3.36. The summed E-state index contributed by atoms with van der Waals surface area (Å²) in [5.74, 6) is 1.52. The molecule has 30 heavy (non-hydrogen) atoms. The van der Waals surface area contributed by atoms with E-state index in [0.29, 0.717) is 18.8 Å². The summed E-state index contributed by atoms with van der Waals surface area (Å²) in [6.45, 7) is 3.84. The molecule has 1 atom stereocenters. The fourth-order valence-electron chi connectivity index (χ4n) is 4.68. The topological polar surface area (TPSA) is 110 Å². The molecule has 0 saturated carbocycles. The molecule has 4 heterocycles. The number of piperidine rings is 1. The molecule has 3 aromatic heterocycles. The van der Waals surface area contributed by atoms with E-state index in [1.165, 1.54) is 6.20 Å². The van der Waals surface area contributed by atoms with Gasteiger partial charge in [-0.05, 0) is 32.6 Å². The van der Waals surface area contributed by atoms with Gasteiger partial charge < -0.3 is 14.7 Å². The van der Waals surface area contributed by atoms with Gasteiger partial charge in [0, 0.05) is 42.5 Å². The van der Waals surface area contributed by atoms with Crippen molar-refractivity contribution >= 4 is 11.7 Å². The van der Waals surface area contributed by atoms with Gasteiger partial charge in [-0.15, -0.1) is 0 Å². The summed E-state index contributed by atoms with van der Waals surface area (Å²) in [6.07, 6.45) is 10.0. The number of amides is 1. The van der Waals surface area contributed by atoms with Crippen molar-refractivity contribution in [1.29, 1.82) is 0 Å². The lowest BCUT2D eigenvalue weighted by Gasteiger charge is -2.40. The Bertz CT molecular complexity index is 1050. The number of hydrogen-bond acceptors (Lipinski definition) is 8. The molecule has 1 spiro atoms. The SMILES string of the molecule is Cc1nc(NCc2ccon2)c2c(n1)C1(CCCN(C(=O)c3cnccn3)C1)CC2. The zero-order valence-electron chi connectivity index (χ0n) is 16.8. The predicted octanol–water partition coefficient (Wildman–Crippen LogP) is 2.30. The minimum atomic E-state index is -0.135. The first-order valence-corrected chi connectivity index (χ1v) is 10.2. The average Bonchev–Trinajstić information content (AvgIpc) is 3.41. The van der Waals surface area contributed by atoms with Gasteiger partial charge >= 0.3 is 0 Å². The van der Waals surface area contributed by atoms with E-state index in [2.05, 4.69) is 25.4 Å². The Kier molecular flexibility index (Phi) is 4.65. The van der Waals surface area contributed by atoms with Gasteiger partial charge in [0.05, 0.1) is 18.4 Å². The summed E-state index contributed by atoms with van der Waals surface area (Å²) < 4.78 is 4.91. The second kappa shape index (κ2) is 7.47. The summed E-state index contributed by atoms with van der Waals surface area (Å²) in [5.41, 5.74) is 3.31. The zero-order chi connectivity index (χ0) is 20.6. The largest absolute Gasteiger partial charge is 0.364 e. The maximum atomic E-state index is 13.0. The van der Waals surface area contributed by atoms with E-state index in [4.69, 9.17) is 9.51 Å². The number of nitrogens with zero attached hydrogens (tertiary/aromatic N) is 6. The molecule has 1 N–H and O–H groups in total. The van der Waals surface area contributed by atoms with Gasteiger partial charge in [0.15, 0.2) is 0 Å². The summed E-state index contributed by atoms with van der Waals surface area (Å²) in [5, 5.41) is 7.35. The zero-order valence-corrected chi connectivity index (χ0v) is 16.8. The highest BCUT2D eigenvalue weighted by Gasteiger charge is 2.46. The smallest absolute Gasteiger partial charge is 0.274 e. The van der Waals surface area contributed by atoms with Gasteiger partial charge in [0.1, 0.15) is 29.3 Å². The van der Waals surface area contributed by atoms with Crippen molar-refractivity contribution < 1.29 is 9.32 Å². The highest BCUT2D eigenvalue weighted by atomic mass is 16.5. The average molecular weight is 405 g/mol. The first-order valence-electron chi connectivity index (χ1n) is 10.2. The number of aryl methyl sites for hydroxylation is 1. The fourth-order valence-corrected chi connectivity index (χ4v) is 4.68. The molecule has 1 unspecified atom stereocenters. The standard InChI is InChI=1S/C21H23N7O2/c1-14-25-18-16(19(26-14)24-11-15-4-10-30-27-15)3-6-21(18)5-2-9-28(13-21)20(29)17-12-22-7-8-23-17/h4,7-8,10,12H,2-3,5-6,9,11,13H2,1H3,(H,24,25,26). The van der Waals surface area contributed by atoms with Crippen LogP contribution < -0.4 is 5.32 Å². The van der Waals surface area contributed by atoms with E-state index >= 15 is 0 Å². The maximum absolute atomic E-state index is 13.0. The highest BCUT2D eigenvalue weighted by Crippen LogP contribution is 2.46. The van der Waals surface area contributed by atoms with Crippen molar-refractivity contribution in [2.24, 2.45) is 0 Å². The quantitative estimate of drug-likeness (QED) is 0.704. The van der Waals surface area contributed by atoms with Crippen molar-refractivity contribution in [2.45, 2.75) is 44.6 Å². The number of hydrogen-bond donors (Lipinski definition) is 1. The summed E-state index contributed by atoms with van der Waals surface area (Å²) in [4.78, 5) is 32.6. The van der Waals surface area contributed by atoms with E-state index in [9.17, 15) is 4.79 Å². The van der Waals surface area contributed by atoms with Gasteiger partial charge in [0.25, 0.3) is 5.91 Å². The molecule has 154 valence electrons. The Morgan fingerprint density at radius 2 is 2.23 bits per heavy atom. The molecular formula is C21H23N7O2. The number of aromatic nitrogens is 5. The number of rotatable bonds is 4. The van der Waals surface area contributed by atoms with Gasteiger partial charge in [-0.25, -0.2) is 15.0 Å². The fraction of sp³-hybridized carbons (Fsp3) is 0.429. The molecule has 0 radical (unpaired) electrons. The first-order chi connectivity index (χ1) is 14.6. The van der Waals surface area contributed by atoms with Crippen LogP contribution in [0.15, 0.2) is 35.4 Å². The molecule has 1 fully saturated rings. The number of carbonyl (C=O) groups is 1. The summed E-state index contributed by atoms with van der Waals surface area (Å²) >= 11 is 0. The van der Waals surface area contributed by atoms with Crippen molar-refractivity contribution in [3.8, 4) is 0 Å². The Labute approximate surface area is 173 Å². The Morgan fingerprint density at radius 3 is 3.03 bits per heavy atom. The predicted molar refractivity (Wildman–Crippen MR) is 108 cm³/mol. The first kappa shape index (κ1) is 18.7. The van der Waals surface area contributed by atoms with E-state index in [-0.39, 0.29) is 11.3 Å². The van der Waals surface area contributed by atoms with Crippen LogP contribution in [0.1, 0.15) is 52.5 Å². The van der Waals surface area contributed by atoms with Crippen molar-refractivity contribution in [3.63, 3.8) is 0 Å². The van der Waals surface area contributed by atoms with Crippen LogP contribution in [0, 0.1) is 6.92 Å². The molecule has 0 bridgehead atoms. The molecular weight excluding hydrogens is 382 g/mol. The molecule has 1 aliphatic carbocycles. The van der Waals surface area contributed by atoms with E-state index in [1.807, 2.05) is 17.9 Å². The lowest BCUT2D eigenvalue weighted by molar-refractivity contribution is 0.0627. The number of carbonyl (C=O) groups excluding carboxylic acids is 1. The Balaban J connectivity index is 1.42. The lowest BCUT2D eigenvalue weighted by atomic mass is 9.77. The van der Waals surface area contributed by atoms with Gasteiger partial charge in [-0.3, -0.25) is 9.78 Å². The second-order valence-corrected chi connectivity index (χ2v) is 7.99. The molecule has 1 amide bonds. The van der Waals surface area contributed by atoms with Crippen molar-refractivity contribution in [2.75, 3.05) is 18.4 Å². The molecule has 5 rings (SSSR count). The number of anilines is 1. The number of fused-ring (bicyclic) bond motifs is 2. The van der Waals surface area contributed by atoms with Crippen LogP contribution in [0.3, 0.4) is 0 Å². The molecule has 0 aromatic carbocycles. The molecule has 1 aliphatic heterocycles. The minimum Gasteiger partial charge on any atom is -0.364 e. The van der Waals surface area contributed by atoms with E-state index < -0.39 is 0 Å². The minimum absolute atomic E-state index is 0.0641. The van der Waals surface area contributed by atoms with E-state index in [0.717, 1.165) is 60.8 Å². The lowest BCUT2D eigenvalue weighted by Crippen LogP contribution is -2.48. The monoisotopic (exact) mass is 405 g/mol. The van der Waals surface area contributed by atoms with E-state index in [1.54, 1.807) is 18.7 Å². The van der Waals surface area contributed by atoms with Gasteiger partial charge in [-0.1, -0.05) is 5.16 Å². The van der Waals surface area contributed by atoms with Gasteiger partial charge in [-0.2, -0.15) is 0 Å². The van der Waals surface area contributed by atoms with Crippen LogP contribution in [0.5, 0.6) is 0 Å². The molecule has 3 aromatic rings. The molecule has 1 saturated heterocycles. The third-order valence-electron chi connectivity index (χ3n) is 6.05. The van der Waals surface area contributed by atoms with Crippen molar-refractivity contribution in [3.05, 3.63) is 59.4 Å². The summed E-state index contributed by atoms with van der Waals surface area (Å²) in [6, 6.07) is 1.83. The van der Waals surface area contributed by atoms with Crippen LogP contribution in [0.25, 0.3) is 0 Å². The highest BCUT2D eigenvalue weighted by molar-refractivity contribution is 5.92. The Morgan fingerprint density at radius 1 is 1.30 bits per heavy atom. The molecule has 2 aliphatic rings. The molecule has 9 nitrogen and oxygen atoms in total. The summed E-state index contributed by atoms with van der Waals surface area (Å²) in [7, 11) is 0. The van der Waals surface area contributed by atoms with Crippen LogP contribution in [-0.2, 0) is 18.4 Å². The third-order valence-corrected chi connectivity index (χ3v) is 6.05. The van der Waals surface area contributed by atoms with Crippen molar-refractivity contribution in [1.82, 2.24) is 30.0 Å².